The first-order valence-electron chi connectivity index (χ1n) is 7.96. The monoisotopic (exact) mass is 333 g/mol. The molecule has 0 saturated carbocycles. The van der Waals surface area contributed by atoms with Crippen molar-refractivity contribution in [2.75, 3.05) is 19.7 Å². The lowest BCUT2D eigenvalue weighted by atomic mass is 10.2. The van der Waals surface area contributed by atoms with E-state index in [0.717, 1.165) is 12.8 Å². The molecule has 8 nitrogen and oxygen atoms in total. The van der Waals surface area contributed by atoms with Gasteiger partial charge in [-0.1, -0.05) is 0 Å². The van der Waals surface area contributed by atoms with E-state index in [4.69, 9.17) is 9.15 Å². The molecule has 2 aromatic heterocycles. The number of esters is 1. The maximum absolute atomic E-state index is 12.7. The third-order valence-electron chi connectivity index (χ3n) is 4.10. The first kappa shape index (κ1) is 16.2. The van der Waals surface area contributed by atoms with E-state index in [1.165, 1.54) is 10.9 Å². The van der Waals surface area contributed by atoms with Gasteiger partial charge in [0.25, 0.3) is 5.56 Å². The quantitative estimate of drug-likeness (QED) is 0.778. The van der Waals surface area contributed by atoms with Crippen LogP contribution in [0.15, 0.2) is 15.5 Å². The van der Waals surface area contributed by atoms with Crippen molar-refractivity contribution in [1.29, 1.82) is 0 Å². The van der Waals surface area contributed by atoms with Gasteiger partial charge in [-0.3, -0.25) is 14.2 Å². The average molecular weight is 333 g/mol. The number of fused-ring (bicyclic) bond motifs is 1. The number of rotatable bonds is 4. The van der Waals surface area contributed by atoms with Crippen molar-refractivity contribution in [3.63, 3.8) is 0 Å². The molecule has 0 N–H and O–H groups in total. The fraction of sp³-hybridized carbons (Fsp3) is 0.500. The fourth-order valence-electron chi connectivity index (χ4n) is 2.91. The third kappa shape index (κ3) is 2.79. The fourth-order valence-corrected chi connectivity index (χ4v) is 2.91. The number of nitrogens with zero attached hydrogens (tertiary/aromatic N) is 3. The number of amides is 1. The Kier molecular flexibility index (Phi) is 4.37. The Labute approximate surface area is 138 Å². The molecule has 24 heavy (non-hydrogen) atoms. The number of furan rings is 1. The first-order chi connectivity index (χ1) is 11.5. The highest BCUT2D eigenvalue weighted by molar-refractivity contribution is 6.03. The van der Waals surface area contributed by atoms with Crippen LogP contribution in [0.3, 0.4) is 0 Å². The van der Waals surface area contributed by atoms with Crippen molar-refractivity contribution in [3.05, 3.63) is 28.0 Å². The minimum absolute atomic E-state index is 0.0580. The molecule has 8 heteroatoms. The second-order valence-corrected chi connectivity index (χ2v) is 5.70. The van der Waals surface area contributed by atoms with Gasteiger partial charge in [0.2, 0.25) is 11.6 Å². The molecule has 1 aliphatic rings. The number of carbonyl (C=O) groups is 2. The summed E-state index contributed by atoms with van der Waals surface area (Å²) in [6, 6.07) is 0. The zero-order chi connectivity index (χ0) is 17.3. The van der Waals surface area contributed by atoms with Gasteiger partial charge in [-0.15, -0.1) is 0 Å². The Morgan fingerprint density at radius 2 is 2.04 bits per heavy atom. The first-order valence-corrected chi connectivity index (χ1v) is 7.96. The number of carbonyl (C=O) groups excluding carboxylic acids is 2. The normalized spacial score (nSPS) is 14.3. The van der Waals surface area contributed by atoms with E-state index >= 15 is 0 Å². The van der Waals surface area contributed by atoms with E-state index in [0.29, 0.717) is 13.1 Å². The van der Waals surface area contributed by atoms with E-state index in [1.807, 2.05) is 0 Å². The SMILES string of the molecule is CCOC(=O)c1c(C)oc2ncn(CC(=O)N3CCCC3)c(=O)c12. The molecule has 0 bridgehead atoms. The van der Waals surface area contributed by atoms with Gasteiger partial charge in [-0.05, 0) is 26.7 Å². The predicted molar refractivity (Wildman–Crippen MR) is 84.8 cm³/mol. The highest BCUT2D eigenvalue weighted by Gasteiger charge is 2.25. The Morgan fingerprint density at radius 3 is 2.71 bits per heavy atom. The van der Waals surface area contributed by atoms with Crippen molar-refractivity contribution >= 4 is 23.0 Å². The van der Waals surface area contributed by atoms with Gasteiger partial charge in [-0.2, -0.15) is 0 Å². The van der Waals surface area contributed by atoms with Gasteiger partial charge in [0.15, 0.2) is 0 Å². The summed E-state index contributed by atoms with van der Waals surface area (Å²) in [6.45, 7) is 4.76. The number of hydrogen-bond acceptors (Lipinski definition) is 6. The molecule has 3 rings (SSSR count). The van der Waals surface area contributed by atoms with E-state index in [9.17, 15) is 14.4 Å². The van der Waals surface area contributed by atoms with Crippen LogP contribution in [0.5, 0.6) is 0 Å². The third-order valence-corrected chi connectivity index (χ3v) is 4.10. The van der Waals surface area contributed by atoms with Crippen LogP contribution in [-0.2, 0) is 16.1 Å². The number of aromatic nitrogens is 2. The Bertz CT molecular complexity index is 845. The molecule has 0 spiro atoms. The molecule has 128 valence electrons. The van der Waals surface area contributed by atoms with Crippen LogP contribution in [0.2, 0.25) is 0 Å². The van der Waals surface area contributed by atoms with Gasteiger partial charge in [-0.25, -0.2) is 9.78 Å². The molecule has 0 atom stereocenters. The molecule has 0 unspecified atom stereocenters. The van der Waals surface area contributed by atoms with Crippen LogP contribution in [0.1, 0.15) is 35.9 Å². The Morgan fingerprint density at radius 1 is 1.33 bits per heavy atom. The second-order valence-electron chi connectivity index (χ2n) is 5.70. The lowest BCUT2D eigenvalue weighted by Crippen LogP contribution is -2.34. The summed E-state index contributed by atoms with van der Waals surface area (Å²) in [7, 11) is 0. The lowest BCUT2D eigenvalue weighted by Gasteiger charge is -2.15. The minimum atomic E-state index is -0.628. The zero-order valence-corrected chi connectivity index (χ0v) is 13.7. The summed E-state index contributed by atoms with van der Waals surface area (Å²) in [5, 5.41) is 0.0580. The second kappa shape index (κ2) is 6.46. The van der Waals surface area contributed by atoms with E-state index in [1.54, 1.807) is 18.7 Å². The number of hydrogen-bond donors (Lipinski definition) is 0. The molecule has 1 amide bonds. The van der Waals surface area contributed by atoms with Crippen molar-refractivity contribution in [2.24, 2.45) is 0 Å². The lowest BCUT2D eigenvalue weighted by molar-refractivity contribution is -0.130. The molecule has 0 radical (unpaired) electrons. The molecular formula is C16H19N3O5. The van der Waals surface area contributed by atoms with Gasteiger partial charge in [0.1, 0.15) is 29.6 Å². The summed E-state index contributed by atoms with van der Waals surface area (Å²) in [5.74, 6) is -0.485. The predicted octanol–water partition coefficient (Wildman–Crippen LogP) is 1.10. The maximum Gasteiger partial charge on any atom is 0.342 e. The summed E-state index contributed by atoms with van der Waals surface area (Å²) in [6.07, 6.45) is 3.23. The van der Waals surface area contributed by atoms with Gasteiger partial charge < -0.3 is 14.1 Å². The van der Waals surface area contributed by atoms with E-state index in [2.05, 4.69) is 4.98 Å². The largest absolute Gasteiger partial charge is 0.462 e. The molecule has 2 aromatic rings. The molecular weight excluding hydrogens is 314 g/mol. The average Bonchev–Trinajstić information content (AvgIpc) is 3.17. The molecule has 1 fully saturated rings. The van der Waals surface area contributed by atoms with E-state index < -0.39 is 11.5 Å². The topological polar surface area (TPSA) is 94.6 Å². The van der Waals surface area contributed by atoms with Gasteiger partial charge >= 0.3 is 5.97 Å². The van der Waals surface area contributed by atoms with Crippen LogP contribution in [0.4, 0.5) is 0 Å². The Balaban J connectivity index is 2.00. The highest BCUT2D eigenvalue weighted by atomic mass is 16.5. The van der Waals surface area contributed by atoms with Crippen molar-refractivity contribution in [2.45, 2.75) is 33.2 Å². The minimum Gasteiger partial charge on any atom is -0.462 e. The summed E-state index contributed by atoms with van der Waals surface area (Å²) in [4.78, 5) is 42.9. The van der Waals surface area contributed by atoms with Crippen molar-refractivity contribution in [3.8, 4) is 0 Å². The van der Waals surface area contributed by atoms with Crippen LogP contribution in [0, 0.1) is 6.92 Å². The number of likely N-dealkylation sites (tertiary alicyclic amines) is 1. The molecule has 0 aromatic carbocycles. The summed E-state index contributed by atoms with van der Waals surface area (Å²) >= 11 is 0. The molecule has 0 aliphatic carbocycles. The highest BCUT2D eigenvalue weighted by Crippen LogP contribution is 2.21. The standard InChI is InChI=1S/C16H19N3O5/c1-3-23-16(22)12-10(2)24-14-13(12)15(21)19(9-17-14)8-11(20)18-6-4-5-7-18/h9H,3-8H2,1-2H3. The molecule has 1 aliphatic heterocycles. The smallest absolute Gasteiger partial charge is 0.342 e. The zero-order valence-electron chi connectivity index (χ0n) is 13.7. The van der Waals surface area contributed by atoms with Crippen molar-refractivity contribution in [1.82, 2.24) is 14.5 Å². The summed E-state index contributed by atoms with van der Waals surface area (Å²) < 4.78 is 11.6. The van der Waals surface area contributed by atoms with E-state index in [-0.39, 0.29) is 41.5 Å². The summed E-state index contributed by atoms with van der Waals surface area (Å²) in [5.41, 5.74) is -0.329. The van der Waals surface area contributed by atoms with Crippen LogP contribution in [0.25, 0.3) is 11.1 Å². The van der Waals surface area contributed by atoms with Gasteiger partial charge in [0, 0.05) is 13.1 Å². The molecule has 1 saturated heterocycles. The van der Waals surface area contributed by atoms with Gasteiger partial charge in [0.05, 0.1) is 6.61 Å². The number of ether oxygens (including phenoxy) is 1. The number of aryl methyl sites for hydroxylation is 1. The maximum atomic E-state index is 12.7. The van der Waals surface area contributed by atoms with Crippen LogP contribution in [-0.4, -0.2) is 46.0 Å². The van der Waals surface area contributed by atoms with Crippen LogP contribution < -0.4 is 5.56 Å². The molecule has 3 heterocycles. The van der Waals surface area contributed by atoms with Crippen LogP contribution >= 0.6 is 0 Å². The van der Waals surface area contributed by atoms with Crippen molar-refractivity contribution < 1.29 is 18.7 Å². The Hall–Kier alpha value is -2.64.